The Hall–Kier alpha value is -2.28. The van der Waals surface area contributed by atoms with Gasteiger partial charge in [-0.25, -0.2) is 9.59 Å². The Labute approximate surface area is 166 Å². The lowest BCUT2D eigenvalue weighted by atomic mass is 9.94. The van der Waals surface area contributed by atoms with Crippen molar-refractivity contribution >= 4 is 12.2 Å². The van der Waals surface area contributed by atoms with E-state index in [0.29, 0.717) is 25.6 Å². The van der Waals surface area contributed by atoms with Crippen molar-refractivity contribution in [3.63, 3.8) is 0 Å². The fourth-order valence-corrected chi connectivity index (χ4v) is 4.28. The fraction of sp³-hybridized carbons (Fsp3) is 0.619. The van der Waals surface area contributed by atoms with E-state index >= 15 is 0 Å². The first-order chi connectivity index (χ1) is 13.4. The van der Waals surface area contributed by atoms with Gasteiger partial charge in [-0.2, -0.15) is 0 Å². The normalized spacial score (nSPS) is 24.2. The largest absolute Gasteiger partial charge is 0.465 e. The molecule has 0 radical (unpaired) electrons. The summed E-state index contributed by atoms with van der Waals surface area (Å²) in [6, 6.07) is 10.2. The molecule has 2 aliphatic rings. The third kappa shape index (κ3) is 5.16. The number of carbonyl (C=O) groups is 2. The van der Waals surface area contributed by atoms with Gasteiger partial charge in [-0.05, 0) is 38.2 Å². The molecule has 0 spiro atoms. The maximum absolute atomic E-state index is 12.3. The number of carbonyl (C=O) groups excluding carboxylic acids is 1. The standard InChI is InChI=1S/C21H31N3O4/c1-16-12-23(20(25)26)13-17(2)24(16)14-18-8-10-22(11-9-18)21(27)28-15-19-6-4-3-5-7-19/h3-7,16-18H,8-15H2,1-2H3,(H,25,26)/t16-,17-/m0/s1. The van der Waals surface area contributed by atoms with Crippen LogP contribution >= 0.6 is 0 Å². The minimum Gasteiger partial charge on any atom is -0.465 e. The van der Waals surface area contributed by atoms with Crippen LogP contribution in [0.15, 0.2) is 30.3 Å². The Balaban J connectivity index is 1.42. The van der Waals surface area contributed by atoms with Crippen LogP contribution in [0.4, 0.5) is 9.59 Å². The number of hydrogen-bond acceptors (Lipinski definition) is 4. The summed E-state index contributed by atoms with van der Waals surface area (Å²) >= 11 is 0. The average Bonchev–Trinajstić information content (AvgIpc) is 2.70. The first-order valence-corrected chi connectivity index (χ1v) is 10.1. The minimum atomic E-state index is -0.833. The number of benzene rings is 1. The summed E-state index contributed by atoms with van der Waals surface area (Å²) in [6.45, 7) is 8.02. The van der Waals surface area contributed by atoms with Gasteiger partial charge in [0.2, 0.25) is 0 Å². The molecule has 2 aliphatic heterocycles. The molecule has 2 amide bonds. The van der Waals surface area contributed by atoms with E-state index in [9.17, 15) is 14.7 Å². The van der Waals surface area contributed by atoms with Crippen molar-refractivity contribution < 1.29 is 19.4 Å². The molecule has 2 saturated heterocycles. The SMILES string of the molecule is C[C@H]1CN(C(=O)O)C[C@H](C)N1CC1CCN(C(=O)OCc2ccccc2)CC1. The highest BCUT2D eigenvalue weighted by Gasteiger charge is 2.34. The zero-order valence-electron chi connectivity index (χ0n) is 16.8. The second-order valence-corrected chi connectivity index (χ2v) is 8.05. The van der Waals surface area contributed by atoms with E-state index in [1.807, 2.05) is 30.3 Å². The van der Waals surface area contributed by atoms with Gasteiger partial charge in [-0.1, -0.05) is 30.3 Å². The number of nitrogens with zero attached hydrogens (tertiary/aromatic N) is 3. The van der Waals surface area contributed by atoms with Crippen molar-refractivity contribution in [2.75, 3.05) is 32.7 Å². The Kier molecular flexibility index (Phi) is 6.78. The minimum absolute atomic E-state index is 0.216. The Morgan fingerprint density at radius 2 is 1.64 bits per heavy atom. The molecule has 0 bridgehead atoms. The van der Waals surface area contributed by atoms with Crippen LogP contribution in [0.2, 0.25) is 0 Å². The van der Waals surface area contributed by atoms with E-state index in [0.717, 1.165) is 38.0 Å². The molecule has 7 nitrogen and oxygen atoms in total. The second kappa shape index (κ2) is 9.28. The molecule has 28 heavy (non-hydrogen) atoms. The summed E-state index contributed by atoms with van der Waals surface area (Å²) in [7, 11) is 0. The van der Waals surface area contributed by atoms with Gasteiger partial charge in [-0.15, -0.1) is 0 Å². The quantitative estimate of drug-likeness (QED) is 0.857. The third-order valence-corrected chi connectivity index (χ3v) is 5.92. The first-order valence-electron chi connectivity index (χ1n) is 10.1. The molecule has 1 aromatic carbocycles. The van der Waals surface area contributed by atoms with Crippen molar-refractivity contribution in [2.45, 2.75) is 45.4 Å². The van der Waals surface area contributed by atoms with Crippen LogP contribution < -0.4 is 0 Å². The highest BCUT2D eigenvalue weighted by molar-refractivity contribution is 5.67. The van der Waals surface area contributed by atoms with Crippen LogP contribution in [-0.4, -0.2) is 76.8 Å². The van der Waals surface area contributed by atoms with Gasteiger partial charge < -0.3 is 19.6 Å². The topological polar surface area (TPSA) is 73.3 Å². The van der Waals surface area contributed by atoms with Gasteiger partial charge in [0.05, 0.1) is 0 Å². The number of carboxylic acid groups (broad SMARTS) is 1. The predicted octanol–water partition coefficient (Wildman–Crippen LogP) is 3.11. The zero-order valence-corrected chi connectivity index (χ0v) is 16.8. The molecular formula is C21H31N3O4. The van der Waals surface area contributed by atoms with Gasteiger partial charge in [-0.3, -0.25) is 4.90 Å². The van der Waals surface area contributed by atoms with Crippen LogP contribution in [0, 0.1) is 5.92 Å². The van der Waals surface area contributed by atoms with Gasteiger partial charge in [0.15, 0.2) is 0 Å². The first kappa shape index (κ1) is 20.5. The van der Waals surface area contributed by atoms with Crippen LogP contribution in [0.3, 0.4) is 0 Å². The smallest absolute Gasteiger partial charge is 0.410 e. The Morgan fingerprint density at radius 1 is 1.04 bits per heavy atom. The molecule has 1 N–H and O–H groups in total. The lowest BCUT2D eigenvalue weighted by Crippen LogP contribution is -2.59. The maximum Gasteiger partial charge on any atom is 0.410 e. The van der Waals surface area contributed by atoms with Gasteiger partial charge in [0.25, 0.3) is 0 Å². The van der Waals surface area contributed by atoms with E-state index in [1.54, 1.807) is 4.90 Å². The van der Waals surface area contributed by atoms with Crippen LogP contribution in [0.1, 0.15) is 32.3 Å². The number of likely N-dealkylation sites (tertiary alicyclic amines) is 1. The molecule has 7 heteroatoms. The van der Waals surface area contributed by atoms with Gasteiger partial charge in [0, 0.05) is 44.8 Å². The molecule has 0 unspecified atom stereocenters. The predicted molar refractivity (Wildman–Crippen MR) is 106 cm³/mol. The molecule has 154 valence electrons. The van der Waals surface area contributed by atoms with E-state index in [-0.39, 0.29) is 18.2 Å². The van der Waals surface area contributed by atoms with E-state index < -0.39 is 6.09 Å². The summed E-state index contributed by atoms with van der Waals surface area (Å²) in [5, 5.41) is 9.24. The summed E-state index contributed by atoms with van der Waals surface area (Å²) in [5.74, 6) is 0.527. The summed E-state index contributed by atoms with van der Waals surface area (Å²) in [5.41, 5.74) is 0.995. The molecule has 0 aromatic heterocycles. The van der Waals surface area contributed by atoms with E-state index in [4.69, 9.17) is 4.74 Å². The highest BCUT2D eigenvalue weighted by Crippen LogP contribution is 2.24. The molecule has 2 atom stereocenters. The fourth-order valence-electron chi connectivity index (χ4n) is 4.28. The molecule has 2 heterocycles. The van der Waals surface area contributed by atoms with Crippen molar-refractivity contribution in [3.05, 3.63) is 35.9 Å². The van der Waals surface area contributed by atoms with Crippen LogP contribution in [-0.2, 0) is 11.3 Å². The molecule has 1 aromatic rings. The van der Waals surface area contributed by atoms with Gasteiger partial charge in [0.1, 0.15) is 6.61 Å². The monoisotopic (exact) mass is 389 g/mol. The molecule has 0 aliphatic carbocycles. The molecule has 0 saturated carbocycles. The van der Waals surface area contributed by atoms with Crippen LogP contribution in [0.25, 0.3) is 0 Å². The lowest BCUT2D eigenvalue weighted by Gasteiger charge is -2.45. The number of piperazine rings is 1. The highest BCUT2D eigenvalue weighted by atomic mass is 16.6. The van der Waals surface area contributed by atoms with Gasteiger partial charge >= 0.3 is 12.2 Å². The summed E-state index contributed by atoms with van der Waals surface area (Å²) in [6.07, 6.45) is 0.845. The zero-order chi connectivity index (χ0) is 20.1. The van der Waals surface area contributed by atoms with E-state index in [2.05, 4.69) is 18.7 Å². The average molecular weight is 389 g/mol. The summed E-state index contributed by atoms with van der Waals surface area (Å²) < 4.78 is 5.44. The molecular weight excluding hydrogens is 358 g/mol. The third-order valence-electron chi connectivity index (χ3n) is 5.92. The Bertz CT molecular complexity index is 649. The Morgan fingerprint density at radius 3 is 2.21 bits per heavy atom. The number of hydrogen-bond donors (Lipinski definition) is 1. The van der Waals surface area contributed by atoms with Crippen LogP contribution in [0.5, 0.6) is 0 Å². The number of amides is 2. The van der Waals surface area contributed by atoms with Crippen molar-refractivity contribution in [3.8, 4) is 0 Å². The number of ether oxygens (including phenoxy) is 1. The maximum atomic E-state index is 12.3. The van der Waals surface area contributed by atoms with Crippen molar-refractivity contribution in [1.29, 1.82) is 0 Å². The summed E-state index contributed by atoms with van der Waals surface area (Å²) in [4.78, 5) is 29.3. The van der Waals surface area contributed by atoms with E-state index in [1.165, 1.54) is 4.90 Å². The molecule has 3 rings (SSSR count). The number of rotatable bonds is 4. The number of piperidine rings is 1. The molecule has 2 fully saturated rings. The van der Waals surface area contributed by atoms with Crippen molar-refractivity contribution in [2.24, 2.45) is 5.92 Å². The van der Waals surface area contributed by atoms with Crippen molar-refractivity contribution in [1.82, 2.24) is 14.7 Å². The second-order valence-electron chi connectivity index (χ2n) is 8.05. The lowest BCUT2D eigenvalue weighted by molar-refractivity contribution is 0.0205.